The van der Waals surface area contributed by atoms with Crippen LogP contribution >= 0.6 is 0 Å². The highest BCUT2D eigenvalue weighted by atomic mass is 16.5. The highest BCUT2D eigenvalue weighted by Gasteiger charge is 2.16. The Labute approximate surface area is 131 Å². The average molecular weight is 298 g/mol. The number of aliphatic imine (C=N–C) groups is 1. The van der Waals surface area contributed by atoms with Gasteiger partial charge in [0.1, 0.15) is 17.3 Å². The van der Waals surface area contributed by atoms with Crippen LogP contribution in [0.15, 0.2) is 53.5 Å². The Bertz CT molecular complexity index is 619. The van der Waals surface area contributed by atoms with E-state index in [-0.39, 0.29) is 5.92 Å². The molecule has 0 saturated carbocycles. The average Bonchev–Trinajstić information content (AvgIpc) is 2.59. The summed E-state index contributed by atoms with van der Waals surface area (Å²) in [5.74, 6) is 2.35. The molecular formula is C18H22N2O2. The lowest BCUT2D eigenvalue weighted by atomic mass is 9.91. The van der Waals surface area contributed by atoms with Crippen LogP contribution in [-0.2, 0) is 6.42 Å². The number of hydrogen-bond acceptors (Lipinski definition) is 3. The van der Waals surface area contributed by atoms with Crippen molar-refractivity contribution in [2.75, 3.05) is 21.3 Å². The van der Waals surface area contributed by atoms with Crippen molar-refractivity contribution < 1.29 is 9.47 Å². The number of nitrogens with two attached hydrogens (primary N) is 1. The summed E-state index contributed by atoms with van der Waals surface area (Å²) in [6.07, 6.45) is 0.791. The van der Waals surface area contributed by atoms with Crippen LogP contribution in [0.5, 0.6) is 11.5 Å². The minimum atomic E-state index is 0.0456. The quantitative estimate of drug-likeness (QED) is 0.659. The summed E-state index contributed by atoms with van der Waals surface area (Å²) in [5.41, 5.74) is 8.43. The van der Waals surface area contributed by atoms with Crippen LogP contribution in [0.25, 0.3) is 0 Å². The summed E-state index contributed by atoms with van der Waals surface area (Å²) in [6, 6.07) is 16.0. The number of rotatable bonds is 6. The molecule has 0 aliphatic heterocycles. The Kier molecular flexibility index (Phi) is 5.42. The zero-order chi connectivity index (χ0) is 15.9. The van der Waals surface area contributed by atoms with E-state index in [4.69, 9.17) is 15.2 Å². The van der Waals surface area contributed by atoms with Gasteiger partial charge in [-0.3, -0.25) is 4.99 Å². The first-order valence-electron chi connectivity index (χ1n) is 7.17. The molecule has 2 rings (SSSR count). The number of benzene rings is 2. The molecule has 116 valence electrons. The van der Waals surface area contributed by atoms with Gasteiger partial charge >= 0.3 is 0 Å². The lowest BCUT2D eigenvalue weighted by Crippen LogP contribution is -2.23. The molecule has 22 heavy (non-hydrogen) atoms. The molecule has 0 heterocycles. The molecule has 4 heteroatoms. The van der Waals surface area contributed by atoms with Gasteiger partial charge in [-0.25, -0.2) is 0 Å². The van der Waals surface area contributed by atoms with E-state index in [1.165, 1.54) is 5.56 Å². The molecule has 0 radical (unpaired) electrons. The Morgan fingerprint density at radius 2 is 1.45 bits per heavy atom. The first kappa shape index (κ1) is 15.9. The smallest absolute Gasteiger partial charge is 0.118 e. The van der Waals surface area contributed by atoms with Crippen molar-refractivity contribution in [1.82, 2.24) is 0 Å². The standard InChI is InChI=1S/C18H22N2O2/c1-20-18(19)17(14-6-10-16(22-3)11-7-14)12-13-4-8-15(21-2)9-5-13/h4-11,17H,12H2,1-3H3,(H2,19,20). The molecule has 2 aromatic rings. The predicted octanol–water partition coefficient (Wildman–Crippen LogP) is 3.02. The molecule has 0 aromatic heterocycles. The fraction of sp³-hybridized carbons (Fsp3) is 0.278. The van der Waals surface area contributed by atoms with Gasteiger partial charge in [-0.05, 0) is 41.8 Å². The summed E-state index contributed by atoms with van der Waals surface area (Å²) in [5, 5.41) is 0. The first-order chi connectivity index (χ1) is 10.7. The Morgan fingerprint density at radius 1 is 0.955 bits per heavy atom. The van der Waals surface area contributed by atoms with Gasteiger partial charge in [-0.1, -0.05) is 24.3 Å². The number of ether oxygens (including phenoxy) is 2. The third kappa shape index (κ3) is 3.79. The summed E-state index contributed by atoms with van der Waals surface area (Å²) in [6.45, 7) is 0. The molecule has 0 bridgehead atoms. The second kappa shape index (κ2) is 7.50. The summed E-state index contributed by atoms with van der Waals surface area (Å²) in [7, 11) is 5.04. The lowest BCUT2D eigenvalue weighted by Gasteiger charge is -2.17. The van der Waals surface area contributed by atoms with E-state index in [2.05, 4.69) is 17.1 Å². The summed E-state index contributed by atoms with van der Waals surface area (Å²) in [4.78, 5) is 4.18. The first-order valence-corrected chi connectivity index (χ1v) is 7.17. The van der Waals surface area contributed by atoms with Crippen LogP contribution in [0, 0.1) is 0 Å². The maximum absolute atomic E-state index is 6.12. The monoisotopic (exact) mass is 298 g/mol. The van der Waals surface area contributed by atoms with Crippen molar-refractivity contribution in [2.24, 2.45) is 10.7 Å². The van der Waals surface area contributed by atoms with Crippen LogP contribution in [0.2, 0.25) is 0 Å². The molecule has 0 aliphatic carbocycles. The topological polar surface area (TPSA) is 56.8 Å². The Hall–Kier alpha value is -2.49. The number of amidine groups is 1. The van der Waals surface area contributed by atoms with Crippen LogP contribution in [0.3, 0.4) is 0 Å². The van der Waals surface area contributed by atoms with Crippen molar-refractivity contribution in [3.63, 3.8) is 0 Å². The fourth-order valence-corrected chi connectivity index (χ4v) is 2.38. The van der Waals surface area contributed by atoms with Crippen LogP contribution < -0.4 is 15.2 Å². The van der Waals surface area contributed by atoms with Gasteiger partial charge in [0.15, 0.2) is 0 Å². The van der Waals surface area contributed by atoms with Crippen LogP contribution in [-0.4, -0.2) is 27.1 Å². The Morgan fingerprint density at radius 3 is 1.91 bits per heavy atom. The molecule has 0 aliphatic rings. The lowest BCUT2D eigenvalue weighted by molar-refractivity contribution is 0.414. The third-order valence-corrected chi connectivity index (χ3v) is 3.73. The maximum atomic E-state index is 6.12. The predicted molar refractivity (Wildman–Crippen MR) is 90.0 cm³/mol. The zero-order valence-electron chi connectivity index (χ0n) is 13.2. The number of methoxy groups -OCH3 is 2. The normalized spacial score (nSPS) is 12.8. The third-order valence-electron chi connectivity index (χ3n) is 3.73. The largest absolute Gasteiger partial charge is 0.497 e. The van der Waals surface area contributed by atoms with Gasteiger partial charge in [-0.2, -0.15) is 0 Å². The van der Waals surface area contributed by atoms with Crippen molar-refractivity contribution in [2.45, 2.75) is 12.3 Å². The molecule has 0 fully saturated rings. The van der Waals surface area contributed by atoms with E-state index in [9.17, 15) is 0 Å². The minimum absolute atomic E-state index is 0.0456. The molecule has 0 amide bonds. The number of hydrogen-bond donors (Lipinski definition) is 1. The summed E-state index contributed by atoms with van der Waals surface area (Å²) >= 11 is 0. The highest BCUT2D eigenvalue weighted by molar-refractivity contribution is 5.87. The fourth-order valence-electron chi connectivity index (χ4n) is 2.38. The van der Waals surface area contributed by atoms with Gasteiger partial charge in [0, 0.05) is 13.0 Å². The number of nitrogens with zero attached hydrogens (tertiary/aromatic N) is 1. The van der Waals surface area contributed by atoms with Crippen molar-refractivity contribution in [3.05, 3.63) is 59.7 Å². The minimum Gasteiger partial charge on any atom is -0.497 e. The molecule has 1 atom stereocenters. The molecule has 0 saturated heterocycles. The van der Waals surface area contributed by atoms with E-state index < -0.39 is 0 Å². The molecule has 0 spiro atoms. The van der Waals surface area contributed by atoms with Gasteiger partial charge in [0.05, 0.1) is 14.2 Å². The van der Waals surface area contributed by atoms with Crippen molar-refractivity contribution >= 4 is 5.84 Å². The van der Waals surface area contributed by atoms with Crippen LogP contribution in [0.4, 0.5) is 0 Å². The second-order valence-corrected chi connectivity index (χ2v) is 5.03. The molecule has 2 aromatic carbocycles. The molecular weight excluding hydrogens is 276 g/mol. The SMILES string of the molecule is CN=C(N)C(Cc1ccc(OC)cc1)c1ccc(OC)cc1. The van der Waals surface area contributed by atoms with Gasteiger partial charge < -0.3 is 15.2 Å². The van der Waals surface area contributed by atoms with E-state index >= 15 is 0 Å². The van der Waals surface area contributed by atoms with Crippen molar-refractivity contribution in [1.29, 1.82) is 0 Å². The van der Waals surface area contributed by atoms with Crippen LogP contribution in [0.1, 0.15) is 17.0 Å². The van der Waals surface area contributed by atoms with E-state index in [0.717, 1.165) is 23.5 Å². The van der Waals surface area contributed by atoms with Gasteiger partial charge in [0.25, 0.3) is 0 Å². The zero-order valence-corrected chi connectivity index (χ0v) is 13.2. The maximum Gasteiger partial charge on any atom is 0.118 e. The Balaban J connectivity index is 2.25. The van der Waals surface area contributed by atoms with E-state index in [1.54, 1.807) is 21.3 Å². The van der Waals surface area contributed by atoms with E-state index in [0.29, 0.717) is 5.84 Å². The van der Waals surface area contributed by atoms with Gasteiger partial charge in [-0.15, -0.1) is 0 Å². The van der Waals surface area contributed by atoms with Gasteiger partial charge in [0.2, 0.25) is 0 Å². The summed E-state index contributed by atoms with van der Waals surface area (Å²) < 4.78 is 10.4. The molecule has 4 nitrogen and oxygen atoms in total. The molecule has 2 N–H and O–H groups in total. The second-order valence-electron chi connectivity index (χ2n) is 5.03. The van der Waals surface area contributed by atoms with Crippen molar-refractivity contribution in [3.8, 4) is 11.5 Å². The molecule has 1 unspecified atom stereocenters. The van der Waals surface area contributed by atoms with E-state index in [1.807, 2.05) is 36.4 Å². The highest BCUT2D eigenvalue weighted by Crippen LogP contribution is 2.24.